The van der Waals surface area contributed by atoms with Crippen LogP contribution in [0.4, 0.5) is 0 Å². The lowest BCUT2D eigenvalue weighted by molar-refractivity contribution is 0.238. The Bertz CT molecular complexity index is 369. The molecule has 1 aromatic carbocycles. The van der Waals surface area contributed by atoms with Gasteiger partial charge < -0.3 is 11.1 Å². The molecule has 0 bridgehead atoms. The van der Waals surface area contributed by atoms with Crippen LogP contribution in [0.15, 0.2) is 18.2 Å². The van der Waals surface area contributed by atoms with Crippen LogP contribution in [0.25, 0.3) is 0 Å². The zero-order valence-corrected chi connectivity index (χ0v) is 11.8. The van der Waals surface area contributed by atoms with E-state index in [0.717, 1.165) is 13.0 Å². The van der Waals surface area contributed by atoms with Crippen LogP contribution in [-0.4, -0.2) is 13.6 Å². The van der Waals surface area contributed by atoms with Crippen LogP contribution in [0.5, 0.6) is 0 Å². The van der Waals surface area contributed by atoms with E-state index in [0.29, 0.717) is 6.04 Å². The van der Waals surface area contributed by atoms with Gasteiger partial charge in [0.15, 0.2) is 0 Å². The predicted molar refractivity (Wildman–Crippen MR) is 75.2 cm³/mol. The molecule has 0 saturated heterocycles. The van der Waals surface area contributed by atoms with E-state index in [1.54, 1.807) is 0 Å². The highest BCUT2D eigenvalue weighted by atomic mass is 14.9. The molecule has 1 rings (SSSR count). The van der Waals surface area contributed by atoms with E-state index in [1.807, 2.05) is 7.05 Å². The van der Waals surface area contributed by atoms with Gasteiger partial charge in [0.1, 0.15) is 0 Å². The predicted octanol–water partition coefficient (Wildman–Crippen LogP) is 2.94. The third kappa shape index (κ3) is 3.30. The quantitative estimate of drug-likeness (QED) is 0.822. The van der Waals surface area contributed by atoms with Crippen LogP contribution in [-0.2, 0) is 0 Å². The summed E-state index contributed by atoms with van der Waals surface area (Å²) in [6.07, 6.45) is 1.02. The molecule has 3 N–H and O–H groups in total. The Morgan fingerprint density at radius 1 is 1.29 bits per heavy atom. The SMILES string of the molecule is CNC(c1ccc(C)cc1C)C(C)(C)CCN. The number of hydrogen-bond acceptors (Lipinski definition) is 2. The highest BCUT2D eigenvalue weighted by Gasteiger charge is 2.29. The Morgan fingerprint density at radius 3 is 2.41 bits per heavy atom. The van der Waals surface area contributed by atoms with E-state index >= 15 is 0 Å². The normalized spacial score (nSPS) is 13.8. The number of benzene rings is 1. The number of nitrogens with two attached hydrogens (primary N) is 1. The van der Waals surface area contributed by atoms with Crippen LogP contribution in [0, 0.1) is 19.3 Å². The molecule has 0 aliphatic rings. The maximum Gasteiger partial charge on any atom is 0.0372 e. The first-order valence-electron chi connectivity index (χ1n) is 6.37. The highest BCUT2D eigenvalue weighted by molar-refractivity contribution is 5.33. The third-order valence-electron chi connectivity index (χ3n) is 3.60. The molecule has 2 nitrogen and oxygen atoms in total. The fourth-order valence-corrected chi connectivity index (χ4v) is 2.63. The summed E-state index contributed by atoms with van der Waals surface area (Å²) in [6.45, 7) is 9.61. The topological polar surface area (TPSA) is 38.0 Å². The Labute approximate surface area is 106 Å². The van der Waals surface area contributed by atoms with Gasteiger partial charge in [-0.3, -0.25) is 0 Å². The number of hydrogen-bond donors (Lipinski definition) is 2. The highest BCUT2D eigenvalue weighted by Crippen LogP contribution is 2.37. The summed E-state index contributed by atoms with van der Waals surface area (Å²) >= 11 is 0. The van der Waals surface area contributed by atoms with Crippen LogP contribution in [0.3, 0.4) is 0 Å². The molecule has 0 fully saturated rings. The third-order valence-corrected chi connectivity index (χ3v) is 3.60. The molecular weight excluding hydrogens is 208 g/mol. The molecular formula is C15H26N2. The summed E-state index contributed by atoms with van der Waals surface area (Å²) in [6, 6.07) is 7.03. The molecule has 0 saturated carbocycles. The van der Waals surface area contributed by atoms with Crippen LogP contribution in [0.2, 0.25) is 0 Å². The second kappa shape index (κ2) is 5.65. The molecule has 1 aromatic rings. The first kappa shape index (κ1) is 14.2. The maximum absolute atomic E-state index is 5.72. The van der Waals surface area contributed by atoms with Crippen molar-refractivity contribution >= 4 is 0 Å². The van der Waals surface area contributed by atoms with Crippen molar-refractivity contribution in [2.75, 3.05) is 13.6 Å². The second-order valence-corrected chi connectivity index (χ2v) is 5.61. The van der Waals surface area contributed by atoms with E-state index in [-0.39, 0.29) is 5.41 Å². The van der Waals surface area contributed by atoms with Crippen molar-refractivity contribution in [1.82, 2.24) is 5.32 Å². The number of rotatable bonds is 5. The number of nitrogens with one attached hydrogen (secondary N) is 1. The summed E-state index contributed by atoms with van der Waals surface area (Å²) in [5.74, 6) is 0. The van der Waals surface area contributed by atoms with E-state index in [4.69, 9.17) is 5.73 Å². The van der Waals surface area contributed by atoms with Gasteiger partial charge in [-0.1, -0.05) is 37.6 Å². The molecule has 1 unspecified atom stereocenters. The van der Waals surface area contributed by atoms with Crippen molar-refractivity contribution < 1.29 is 0 Å². The molecule has 1 atom stereocenters. The lowest BCUT2D eigenvalue weighted by Crippen LogP contribution is -2.34. The number of aryl methyl sites for hydroxylation is 2. The molecule has 0 heterocycles. The minimum Gasteiger partial charge on any atom is -0.330 e. The van der Waals surface area contributed by atoms with Crippen molar-refractivity contribution in [3.63, 3.8) is 0 Å². The Kier molecular flexibility index (Phi) is 4.72. The molecule has 2 heteroatoms. The van der Waals surface area contributed by atoms with Gasteiger partial charge in [0.2, 0.25) is 0 Å². The lowest BCUT2D eigenvalue weighted by Gasteiger charge is -2.35. The van der Waals surface area contributed by atoms with Crippen LogP contribution >= 0.6 is 0 Å². The van der Waals surface area contributed by atoms with Gasteiger partial charge in [-0.15, -0.1) is 0 Å². The van der Waals surface area contributed by atoms with Gasteiger partial charge in [0, 0.05) is 6.04 Å². The largest absolute Gasteiger partial charge is 0.330 e. The smallest absolute Gasteiger partial charge is 0.0372 e. The molecule has 0 aromatic heterocycles. The summed E-state index contributed by atoms with van der Waals surface area (Å²) < 4.78 is 0. The van der Waals surface area contributed by atoms with Crippen molar-refractivity contribution in [3.05, 3.63) is 34.9 Å². The first-order valence-corrected chi connectivity index (χ1v) is 6.37. The van der Waals surface area contributed by atoms with E-state index in [2.05, 4.69) is 51.2 Å². The summed E-state index contributed by atoms with van der Waals surface area (Å²) in [5.41, 5.74) is 9.95. The van der Waals surface area contributed by atoms with Gasteiger partial charge in [-0.2, -0.15) is 0 Å². The van der Waals surface area contributed by atoms with Crippen molar-refractivity contribution in [1.29, 1.82) is 0 Å². The second-order valence-electron chi connectivity index (χ2n) is 5.61. The molecule has 0 radical (unpaired) electrons. The van der Waals surface area contributed by atoms with Gasteiger partial charge >= 0.3 is 0 Å². The zero-order valence-electron chi connectivity index (χ0n) is 11.8. The summed E-state index contributed by atoms with van der Waals surface area (Å²) in [7, 11) is 2.03. The average molecular weight is 234 g/mol. The van der Waals surface area contributed by atoms with Gasteiger partial charge in [0.05, 0.1) is 0 Å². The molecule has 96 valence electrons. The Balaban J connectivity index is 3.09. The molecule has 0 aliphatic heterocycles. The lowest BCUT2D eigenvalue weighted by atomic mass is 9.76. The van der Waals surface area contributed by atoms with Crippen LogP contribution in [0.1, 0.15) is 43.0 Å². The van der Waals surface area contributed by atoms with Crippen LogP contribution < -0.4 is 11.1 Å². The average Bonchev–Trinajstić information content (AvgIpc) is 2.21. The van der Waals surface area contributed by atoms with Crippen molar-refractivity contribution in [2.24, 2.45) is 11.1 Å². The fourth-order valence-electron chi connectivity index (χ4n) is 2.63. The summed E-state index contributed by atoms with van der Waals surface area (Å²) in [4.78, 5) is 0. The summed E-state index contributed by atoms with van der Waals surface area (Å²) in [5, 5.41) is 3.45. The van der Waals surface area contributed by atoms with Crippen molar-refractivity contribution in [2.45, 2.75) is 40.2 Å². The van der Waals surface area contributed by atoms with Crippen molar-refractivity contribution in [3.8, 4) is 0 Å². The Hall–Kier alpha value is -0.860. The van der Waals surface area contributed by atoms with Gasteiger partial charge in [-0.25, -0.2) is 0 Å². The zero-order chi connectivity index (χ0) is 13.1. The Morgan fingerprint density at radius 2 is 1.94 bits per heavy atom. The first-order chi connectivity index (χ1) is 7.92. The standard InChI is InChI=1S/C15H26N2/c1-11-6-7-13(12(2)10-11)14(17-5)15(3,4)8-9-16/h6-7,10,14,17H,8-9,16H2,1-5H3. The minimum atomic E-state index is 0.170. The molecule has 0 aliphatic carbocycles. The minimum absolute atomic E-state index is 0.170. The molecule has 17 heavy (non-hydrogen) atoms. The van der Waals surface area contributed by atoms with E-state index < -0.39 is 0 Å². The molecule has 0 spiro atoms. The van der Waals surface area contributed by atoms with Gasteiger partial charge in [0.25, 0.3) is 0 Å². The fraction of sp³-hybridized carbons (Fsp3) is 0.600. The van der Waals surface area contributed by atoms with E-state index in [9.17, 15) is 0 Å². The molecule has 0 amide bonds. The van der Waals surface area contributed by atoms with E-state index in [1.165, 1.54) is 16.7 Å². The monoisotopic (exact) mass is 234 g/mol. The van der Waals surface area contributed by atoms with Gasteiger partial charge in [-0.05, 0) is 50.4 Å². The maximum atomic E-state index is 5.72.